The van der Waals surface area contributed by atoms with E-state index in [0.29, 0.717) is 0 Å². The smallest absolute Gasteiger partial charge is 0.227 e. The molecule has 1 aromatic carbocycles. The third kappa shape index (κ3) is 5.46. The molecule has 0 saturated carbocycles. The standard InChI is InChI=1S/C18H23NO3S/c1-13(16-8-9-23-12-16)18(21)19-10-17(20)11-22-14(2)15-6-4-3-5-7-15/h3-9,12-14,17,20H,10-11H2,1-2H3,(H,19,21)/t13-,14+,17+/m1/s1. The first-order valence-corrected chi connectivity index (χ1v) is 8.66. The number of thiophene rings is 1. The molecule has 0 aliphatic heterocycles. The Hall–Kier alpha value is -1.69. The van der Waals surface area contributed by atoms with Crippen LogP contribution in [0.1, 0.15) is 37.0 Å². The van der Waals surface area contributed by atoms with Gasteiger partial charge in [-0.15, -0.1) is 0 Å². The van der Waals surface area contributed by atoms with Crippen LogP contribution in [0.25, 0.3) is 0 Å². The predicted octanol–water partition coefficient (Wildman–Crippen LogP) is 3.11. The van der Waals surface area contributed by atoms with Crippen LogP contribution in [0.15, 0.2) is 47.2 Å². The molecule has 0 radical (unpaired) electrons. The van der Waals surface area contributed by atoms with E-state index in [1.807, 2.05) is 61.0 Å². The maximum atomic E-state index is 12.0. The first-order valence-electron chi connectivity index (χ1n) is 7.72. The van der Waals surface area contributed by atoms with Gasteiger partial charge in [-0.05, 0) is 41.8 Å². The van der Waals surface area contributed by atoms with E-state index in [-0.39, 0.29) is 31.1 Å². The van der Waals surface area contributed by atoms with E-state index in [4.69, 9.17) is 4.74 Å². The largest absolute Gasteiger partial charge is 0.389 e. The fraction of sp³-hybridized carbons (Fsp3) is 0.389. The normalized spacial score (nSPS) is 14.9. The number of rotatable bonds is 8. The number of carbonyl (C=O) groups is 1. The SMILES string of the molecule is C[C@H](OC[C@@H](O)CNC(=O)[C@H](C)c1ccsc1)c1ccccc1. The molecule has 0 aliphatic rings. The van der Waals surface area contributed by atoms with Crippen molar-refractivity contribution in [1.82, 2.24) is 5.32 Å². The fourth-order valence-electron chi connectivity index (χ4n) is 2.18. The molecule has 1 heterocycles. The van der Waals surface area contributed by atoms with Gasteiger partial charge >= 0.3 is 0 Å². The van der Waals surface area contributed by atoms with Crippen molar-refractivity contribution in [1.29, 1.82) is 0 Å². The van der Waals surface area contributed by atoms with Gasteiger partial charge in [-0.3, -0.25) is 4.79 Å². The molecule has 0 unspecified atom stereocenters. The highest BCUT2D eigenvalue weighted by atomic mass is 32.1. The van der Waals surface area contributed by atoms with E-state index in [1.165, 1.54) is 0 Å². The highest BCUT2D eigenvalue weighted by Gasteiger charge is 2.17. The van der Waals surface area contributed by atoms with E-state index in [0.717, 1.165) is 11.1 Å². The van der Waals surface area contributed by atoms with Crippen LogP contribution < -0.4 is 5.32 Å². The second kappa shape index (κ2) is 8.82. The quantitative estimate of drug-likeness (QED) is 0.780. The molecule has 0 saturated heterocycles. The van der Waals surface area contributed by atoms with Crippen molar-refractivity contribution in [2.24, 2.45) is 0 Å². The third-order valence-electron chi connectivity index (χ3n) is 3.76. The molecular weight excluding hydrogens is 310 g/mol. The zero-order valence-electron chi connectivity index (χ0n) is 13.4. The maximum absolute atomic E-state index is 12.0. The van der Waals surface area contributed by atoms with E-state index in [1.54, 1.807) is 11.3 Å². The van der Waals surface area contributed by atoms with Crippen LogP contribution in [0.4, 0.5) is 0 Å². The summed E-state index contributed by atoms with van der Waals surface area (Å²) in [6.45, 7) is 4.18. The molecule has 5 heteroatoms. The lowest BCUT2D eigenvalue weighted by Crippen LogP contribution is -2.36. The molecule has 1 aromatic heterocycles. The van der Waals surface area contributed by atoms with Crippen molar-refractivity contribution in [3.63, 3.8) is 0 Å². The first kappa shape index (κ1) is 17.7. The molecule has 23 heavy (non-hydrogen) atoms. The third-order valence-corrected chi connectivity index (χ3v) is 4.46. The second-order valence-electron chi connectivity index (χ2n) is 5.56. The number of hydrogen-bond acceptors (Lipinski definition) is 4. The number of carbonyl (C=O) groups excluding carboxylic acids is 1. The zero-order chi connectivity index (χ0) is 16.7. The Morgan fingerprint density at radius 1 is 1.22 bits per heavy atom. The number of aliphatic hydroxyl groups is 1. The summed E-state index contributed by atoms with van der Waals surface area (Å²) in [5.74, 6) is -0.295. The van der Waals surface area contributed by atoms with Crippen LogP contribution in [-0.2, 0) is 9.53 Å². The number of benzene rings is 1. The van der Waals surface area contributed by atoms with Crippen molar-refractivity contribution >= 4 is 17.2 Å². The van der Waals surface area contributed by atoms with E-state index >= 15 is 0 Å². The lowest BCUT2D eigenvalue weighted by atomic mass is 10.0. The molecular formula is C18H23NO3S. The van der Waals surface area contributed by atoms with Gasteiger partial charge in [0.05, 0.1) is 24.7 Å². The number of hydrogen-bond donors (Lipinski definition) is 2. The summed E-state index contributed by atoms with van der Waals surface area (Å²) in [5.41, 5.74) is 2.06. The average molecular weight is 333 g/mol. The van der Waals surface area contributed by atoms with Crippen molar-refractivity contribution in [3.05, 3.63) is 58.3 Å². The van der Waals surface area contributed by atoms with Gasteiger partial charge in [0.15, 0.2) is 0 Å². The second-order valence-corrected chi connectivity index (χ2v) is 6.34. The van der Waals surface area contributed by atoms with Crippen LogP contribution in [0.2, 0.25) is 0 Å². The topological polar surface area (TPSA) is 58.6 Å². The van der Waals surface area contributed by atoms with Crippen molar-refractivity contribution in [2.45, 2.75) is 32.0 Å². The predicted molar refractivity (Wildman–Crippen MR) is 92.6 cm³/mol. The lowest BCUT2D eigenvalue weighted by Gasteiger charge is -2.18. The van der Waals surface area contributed by atoms with Crippen molar-refractivity contribution in [3.8, 4) is 0 Å². The molecule has 2 rings (SSSR count). The maximum Gasteiger partial charge on any atom is 0.227 e. The molecule has 0 fully saturated rings. The van der Waals surface area contributed by atoms with Crippen LogP contribution in [0, 0.1) is 0 Å². The molecule has 124 valence electrons. The Labute approximate surface area is 141 Å². The minimum absolute atomic E-state index is 0.0847. The minimum atomic E-state index is -0.722. The Balaban J connectivity index is 1.70. The van der Waals surface area contributed by atoms with Gasteiger partial charge in [-0.25, -0.2) is 0 Å². The van der Waals surface area contributed by atoms with Crippen molar-refractivity contribution in [2.75, 3.05) is 13.2 Å². The summed E-state index contributed by atoms with van der Waals surface area (Å²) in [6, 6.07) is 11.8. The molecule has 2 aromatic rings. The molecule has 0 spiro atoms. The molecule has 4 nitrogen and oxygen atoms in total. The van der Waals surface area contributed by atoms with Crippen LogP contribution in [0.3, 0.4) is 0 Å². The molecule has 2 N–H and O–H groups in total. The molecule has 0 bridgehead atoms. The van der Waals surface area contributed by atoms with E-state index in [9.17, 15) is 9.90 Å². The van der Waals surface area contributed by atoms with Crippen LogP contribution in [0.5, 0.6) is 0 Å². The summed E-state index contributed by atoms with van der Waals surface area (Å²) in [6.07, 6.45) is -0.814. The summed E-state index contributed by atoms with van der Waals surface area (Å²) in [7, 11) is 0. The Kier molecular flexibility index (Phi) is 6.77. The van der Waals surface area contributed by atoms with Gasteiger partial charge < -0.3 is 15.2 Å². The zero-order valence-corrected chi connectivity index (χ0v) is 14.3. The van der Waals surface area contributed by atoms with Gasteiger partial charge in [0.1, 0.15) is 0 Å². The fourth-order valence-corrected chi connectivity index (χ4v) is 2.93. The first-order chi connectivity index (χ1) is 11.1. The lowest BCUT2D eigenvalue weighted by molar-refractivity contribution is -0.122. The highest BCUT2D eigenvalue weighted by molar-refractivity contribution is 7.08. The Morgan fingerprint density at radius 2 is 1.96 bits per heavy atom. The van der Waals surface area contributed by atoms with E-state index in [2.05, 4.69) is 5.32 Å². The number of ether oxygens (including phenoxy) is 1. The Morgan fingerprint density at radius 3 is 2.61 bits per heavy atom. The van der Waals surface area contributed by atoms with Gasteiger partial charge in [-0.2, -0.15) is 11.3 Å². The van der Waals surface area contributed by atoms with Gasteiger partial charge in [0, 0.05) is 6.54 Å². The van der Waals surface area contributed by atoms with E-state index < -0.39 is 6.10 Å². The monoisotopic (exact) mass is 333 g/mol. The molecule has 1 amide bonds. The van der Waals surface area contributed by atoms with Gasteiger partial charge in [-0.1, -0.05) is 30.3 Å². The van der Waals surface area contributed by atoms with Gasteiger partial charge in [0.25, 0.3) is 0 Å². The molecule has 0 aliphatic carbocycles. The summed E-state index contributed by atoms with van der Waals surface area (Å²) in [5, 5.41) is 16.7. The summed E-state index contributed by atoms with van der Waals surface area (Å²) in [4.78, 5) is 12.0. The number of aliphatic hydroxyl groups excluding tert-OH is 1. The summed E-state index contributed by atoms with van der Waals surface area (Å²) >= 11 is 1.57. The van der Waals surface area contributed by atoms with Crippen LogP contribution >= 0.6 is 11.3 Å². The van der Waals surface area contributed by atoms with Crippen LogP contribution in [-0.4, -0.2) is 30.3 Å². The Bertz CT molecular complexity index is 586. The summed E-state index contributed by atoms with van der Waals surface area (Å²) < 4.78 is 5.66. The number of amides is 1. The average Bonchev–Trinajstić information content (AvgIpc) is 3.12. The molecule has 3 atom stereocenters. The number of nitrogens with one attached hydrogen (secondary N) is 1. The highest BCUT2D eigenvalue weighted by Crippen LogP contribution is 2.18. The van der Waals surface area contributed by atoms with Gasteiger partial charge in [0.2, 0.25) is 5.91 Å². The minimum Gasteiger partial charge on any atom is -0.389 e. The van der Waals surface area contributed by atoms with Crippen molar-refractivity contribution < 1.29 is 14.6 Å².